The van der Waals surface area contributed by atoms with Crippen LogP contribution in [-0.4, -0.2) is 29.7 Å². The van der Waals surface area contributed by atoms with Gasteiger partial charge in [-0.05, 0) is 0 Å². The summed E-state index contributed by atoms with van der Waals surface area (Å²) in [5, 5.41) is 9.72. The molecule has 0 aromatic rings. The highest BCUT2D eigenvalue weighted by molar-refractivity contribution is 5.82. The number of nitrogens with one attached hydrogen (secondary N) is 1. The molecule has 0 bridgehead atoms. The minimum absolute atomic E-state index is 0.534. The third-order valence-electron chi connectivity index (χ3n) is 1.25. The highest BCUT2D eigenvalue weighted by atomic mass is 19.4. The molecule has 0 aromatic carbocycles. The maximum absolute atomic E-state index is 11.5. The summed E-state index contributed by atoms with van der Waals surface area (Å²) in [4.78, 5) is 20.3. The smallest absolute Gasteiger partial charge is 0.471 e. The molecule has 4 nitrogen and oxygen atoms in total. The highest BCUT2D eigenvalue weighted by Gasteiger charge is 2.38. The first-order chi connectivity index (χ1) is 5.75. The zero-order valence-corrected chi connectivity index (χ0v) is 6.68. The van der Waals surface area contributed by atoms with Gasteiger partial charge in [-0.3, -0.25) is 9.59 Å². The molecule has 0 radical (unpaired) electrons. The number of amides is 1. The lowest BCUT2D eigenvalue weighted by Gasteiger charge is -2.09. The van der Waals surface area contributed by atoms with E-state index in [0.29, 0.717) is 0 Å². The first kappa shape index (κ1) is 11.7. The van der Waals surface area contributed by atoms with Crippen LogP contribution in [0.15, 0.2) is 0 Å². The molecule has 0 fully saturated rings. The lowest BCUT2D eigenvalue weighted by molar-refractivity contribution is -0.173. The van der Waals surface area contributed by atoms with Crippen LogP contribution in [0.25, 0.3) is 0 Å². The maximum Gasteiger partial charge on any atom is 0.471 e. The molecule has 2 N–H and O–H groups in total. The fourth-order valence-corrected chi connectivity index (χ4v) is 0.433. The van der Waals surface area contributed by atoms with Crippen molar-refractivity contribution in [1.29, 1.82) is 0 Å². The second-order valence-corrected chi connectivity index (χ2v) is 2.45. The summed E-state index contributed by atoms with van der Waals surface area (Å²) in [6.07, 6.45) is -4.96. The highest BCUT2D eigenvalue weighted by Crippen LogP contribution is 2.14. The summed E-state index contributed by atoms with van der Waals surface area (Å²) in [5.41, 5.74) is 0. The molecular formula is C6H8F3NO3. The maximum atomic E-state index is 11.5. The Labute approximate surface area is 71.7 Å². The third kappa shape index (κ3) is 4.34. The Hall–Kier alpha value is -1.27. The molecule has 76 valence electrons. The van der Waals surface area contributed by atoms with Gasteiger partial charge >= 0.3 is 18.1 Å². The average Bonchev–Trinajstić information content (AvgIpc) is 1.97. The van der Waals surface area contributed by atoms with E-state index in [2.05, 4.69) is 0 Å². The number of carbonyl (C=O) groups excluding carboxylic acids is 1. The normalized spacial score (nSPS) is 13.5. The number of rotatable bonds is 3. The van der Waals surface area contributed by atoms with E-state index < -0.39 is 30.5 Å². The Balaban J connectivity index is 3.91. The van der Waals surface area contributed by atoms with Gasteiger partial charge in [0, 0.05) is 6.54 Å². The summed E-state index contributed by atoms with van der Waals surface area (Å²) in [7, 11) is 0. The van der Waals surface area contributed by atoms with Gasteiger partial charge in [0.1, 0.15) is 0 Å². The Morgan fingerprint density at radius 3 is 2.23 bits per heavy atom. The molecule has 1 atom stereocenters. The van der Waals surface area contributed by atoms with Crippen LogP contribution in [0.3, 0.4) is 0 Å². The van der Waals surface area contributed by atoms with Crippen LogP contribution in [0.1, 0.15) is 6.92 Å². The average molecular weight is 199 g/mol. The molecule has 7 heteroatoms. The molecule has 0 unspecified atom stereocenters. The monoisotopic (exact) mass is 199 g/mol. The van der Waals surface area contributed by atoms with Gasteiger partial charge < -0.3 is 10.4 Å². The van der Waals surface area contributed by atoms with Gasteiger partial charge in [0.15, 0.2) is 0 Å². The number of aliphatic carboxylic acids is 1. The molecule has 0 saturated carbocycles. The van der Waals surface area contributed by atoms with Gasteiger partial charge in [0.2, 0.25) is 0 Å². The van der Waals surface area contributed by atoms with Crippen LogP contribution < -0.4 is 5.32 Å². The van der Waals surface area contributed by atoms with Gasteiger partial charge in [-0.1, -0.05) is 6.92 Å². The van der Waals surface area contributed by atoms with Crippen molar-refractivity contribution in [3.05, 3.63) is 0 Å². The Bertz CT molecular complexity index is 214. The predicted octanol–water partition coefficient (Wildman–Crippen LogP) is 0.386. The van der Waals surface area contributed by atoms with Gasteiger partial charge in [-0.15, -0.1) is 0 Å². The summed E-state index contributed by atoms with van der Waals surface area (Å²) in [6, 6.07) is 0. The van der Waals surface area contributed by atoms with Gasteiger partial charge in [-0.2, -0.15) is 13.2 Å². The second-order valence-electron chi connectivity index (χ2n) is 2.45. The third-order valence-corrected chi connectivity index (χ3v) is 1.25. The van der Waals surface area contributed by atoms with Crippen LogP contribution in [-0.2, 0) is 9.59 Å². The van der Waals surface area contributed by atoms with Crippen molar-refractivity contribution >= 4 is 11.9 Å². The summed E-state index contributed by atoms with van der Waals surface area (Å²) in [6.45, 7) is 0.659. The number of hydrogen-bond donors (Lipinski definition) is 2. The summed E-state index contributed by atoms with van der Waals surface area (Å²) in [5.74, 6) is -4.42. The molecule has 0 spiro atoms. The molecule has 0 rings (SSSR count). The van der Waals surface area contributed by atoms with Crippen LogP contribution >= 0.6 is 0 Å². The van der Waals surface area contributed by atoms with E-state index >= 15 is 0 Å². The van der Waals surface area contributed by atoms with E-state index in [1.165, 1.54) is 12.2 Å². The second kappa shape index (κ2) is 4.11. The molecule has 0 aromatic heterocycles. The standard InChI is InChI=1S/C6H8F3NO3/c1-3(4(11)12)2-10-5(13)6(7,8)9/h3H,2H2,1H3,(H,10,13)(H,11,12)/t3-/m0/s1. The number of halogens is 3. The van der Waals surface area contributed by atoms with Crippen molar-refractivity contribution in [2.45, 2.75) is 13.1 Å². The fraction of sp³-hybridized carbons (Fsp3) is 0.667. The van der Waals surface area contributed by atoms with E-state index in [9.17, 15) is 22.8 Å². The number of carboxylic acids is 1. The topological polar surface area (TPSA) is 66.4 Å². The van der Waals surface area contributed by atoms with Crippen LogP contribution in [0, 0.1) is 5.92 Å². The lowest BCUT2D eigenvalue weighted by Crippen LogP contribution is -2.40. The zero-order chi connectivity index (χ0) is 10.6. The van der Waals surface area contributed by atoms with Gasteiger partial charge in [0.05, 0.1) is 5.92 Å². The summed E-state index contributed by atoms with van der Waals surface area (Å²) < 4.78 is 34.6. The SMILES string of the molecule is C[C@@H](CNC(=O)C(F)(F)F)C(=O)O. The lowest BCUT2D eigenvalue weighted by atomic mass is 10.2. The molecule has 0 heterocycles. The van der Waals surface area contributed by atoms with Crippen LogP contribution in [0.2, 0.25) is 0 Å². The molecule has 0 aliphatic heterocycles. The first-order valence-electron chi connectivity index (χ1n) is 3.33. The van der Waals surface area contributed by atoms with Crippen molar-refractivity contribution in [2.75, 3.05) is 6.54 Å². The largest absolute Gasteiger partial charge is 0.481 e. The Morgan fingerprint density at radius 1 is 1.46 bits per heavy atom. The van der Waals surface area contributed by atoms with E-state index in [-0.39, 0.29) is 0 Å². The molecule has 13 heavy (non-hydrogen) atoms. The van der Waals surface area contributed by atoms with Crippen molar-refractivity contribution in [1.82, 2.24) is 5.32 Å². The van der Waals surface area contributed by atoms with E-state index in [4.69, 9.17) is 5.11 Å². The van der Waals surface area contributed by atoms with Gasteiger partial charge in [0.25, 0.3) is 0 Å². The quantitative estimate of drug-likeness (QED) is 0.690. The van der Waals surface area contributed by atoms with E-state index in [1.807, 2.05) is 0 Å². The number of alkyl halides is 3. The molecular weight excluding hydrogens is 191 g/mol. The van der Waals surface area contributed by atoms with E-state index in [0.717, 1.165) is 0 Å². The minimum Gasteiger partial charge on any atom is -0.481 e. The Morgan fingerprint density at radius 2 is 1.92 bits per heavy atom. The minimum atomic E-state index is -4.96. The number of carboxylic acid groups (broad SMARTS) is 1. The first-order valence-corrected chi connectivity index (χ1v) is 3.33. The molecule has 1 amide bonds. The number of hydrogen-bond acceptors (Lipinski definition) is 2. The van der Waals surface area contributed by atoms with Crippen LogP contribution in [0.5, 0.6) is 0 Å². The van der Waals surface area contributed by atoms with E-state index in [1.54, 1.807) is 0 Å². The van der Waals surface area contributed by atoms with Crippen molar-refractivity contribution < 1.29 is 27.9 Å². The molecule has 0 aliphatic rings. The van der Waals surface area contributed by atoms with Crippen LogP contribution in [0.4, 0.5) is 13.2 Å². The number of carbonyl (C=O) groups is 2. The molecule has 0 aliphatic carbocycles. The Kier molecular flexibility index (Phi) is 3.70. The zero-order valence-electron chi connectivity index (χ0n) is 6.68. The fourth-order valence-electron chi connectivity index (χ4n) is 0.433. The summed E-state index contributed by atoms with van der Waals surface area (Å²) >= 11 is 0. The van der Waals surface area contributed by atoms with Crippen molar-refractivity contribution in [3.8, 4) is 0 Å². The molecule has 0 saturated heterocycles. The van der Waals surface area contributed by atoms with Gasteiger partial charge in [-0.25, -0.2) is 0 Å². The predicted molar refractivity (Wildman–Crippen MR) is 35.9 cm³/mol. The van der Waals surface area contributed by atoms with Crippen molar-refractivity contribution in [3.63, 3.8) is 0 Å². The van der Waals surface area contributed by atoms with Crippen molar-refractivity contribution in [2.24, 2.45) is 5.92 Å².